The van der Waals surface area contributed by atoms with Gasteiger partial charge in [0.1, 0.15) is 0 Å². The largest absolute Gasteiger partial charge is 0.321 e. The minimum atomic E-state index is -3.94. The van der Waals surface area contributed by atoms with Crippen LogP contribution in [0.25, 0.3) is 10.8 Å². The fraction of sp³-hybridized carbons (Fsp3) is 0.292. The van der Waals surface area contributed by atoms with Crippen LogP contribution in [-0.4, -0.2) is 46.7 Å². The van der Waals surface area contributed by atoms with E-state index in [9.17, 15) is 21.6 Å². The number of nitrogens with one attached hydrogen (secondary N) is 1. The molecule has 0 spiro atoms. The second-order valence-corrected chi connectivity index (χ2v) is 12.6. The molecule has 3 heterocycles. The summed E-state index contributed by atoms with van der Waals surface area (Å²) in [4.78, 5) is 12.6. The zero-order valence-electron chi connectivity index (χ0n) is 18.3. The summed E-state index contributed by atoms with van der Waals surface area (Å²) in [5.41, 5.74) is 2.25. The molecular formula is C24H23N3O5S2. The minimum absolute atomic E-state index is 0.127. The first kappa shape index (κ1) is 21.6. The SMILES string of the molecule is O=C1Nc2ccc(S(=O)(=O)N3CCc4cc(S(=O)(=O)N5CCCCC5)ccc43)c3cccc1c23. The molecule has 0 atom stereocenters. The first-order valence-corrected chi connectivity index (χ1v) is 14.2. The van der Waals surface area contributed by atoms with Crippen LogP contribution >= 0.6 is 0 Å². The summed E-state index contributed by atoms with van der Waals surface area (Å²) < 4.78 is 56.6. The van der Waals surface area contributed by atoms with Crippen LogP contribution in [0.4, 0.5) is 11.4 Å². The normalized spacial score (nSPS) is 18.4. The molecule has 1 fully saturated rings. The van der Waals surface area contributed by atoms with E-state index in [4.69, 9.17) is 0 Å². The van der Waals surface area contributed by atoms with Crippen LogP contribution in [0.5, 0.6) is 0 Å². The topological polar surface area (TPSA) is 104 Å². The summed E-state index contributed by atoms with van der Waals surface area (Å²) in [6.45, 7) is 1.26. The number of fused-ring (bicyclic) bond motifs is 1. The maximum atomic E-state index is 13.8. The van der Waals surface area contributed by atoms with Crippen molar-refractivity contribution in [2.75, 3.05) is 29.3 Å². The highest BCUT2D eigenvalue weighted by Gasteiger charge is 2.35. The molecule has 34 heavy (non-hydrogen) atoms. The molecule has 6 rings (SSSR count). The number of carbonyl (C=O) groups excluding carboxylic acids is 1. The van der Waals surface area contributed by atoms with E-state index in [0.29, 0.717) is 52.8 Å². The highest BCUT2D eigenvalue weighted by atomic mass is 32.2. The molecule has 3 aromatic rings. The average Bonchev–Trinajstić information content (AvgIpc) is 3.42. The molecular weight excluding hydrogens is 474 g/mol. The number of rotatable bonds is 4. The number of benzene rings is 3. The van der Waals surface area contributed by atoms with Gasteiger partial charge in [0.2, 0.25) is 10.0 Å². The van der Waals surface area contributed by atoms with Crippen molar-refractivity contribution in [3.05, 3.63) is 59.7 Å². The molecule has 1 N–H and O–H groups in total. The standard InChI is InChI=1S/C24H23N3O5S2/c28-24-19-6-4-5-18-22(10-8-20(25-24)23(18)19)34(31,32)27-14-11-16-15-17(7-9-21(16)27)33(29,30)26-12-2-1-3-13-26/h4-10,15H,1-3,11-14H2,(H,25,28). The molecule has 0 unspecified atom stereocenters. The molecule has 0 saturated carbocycles. The molecule has 10 heteroatoms. The number of sulfonamides is 2. The Balaban J connectivity index is 1.40. The highest BCUT2D eigenvalue weighted by molar-refractivity contribution is 7.93. The lowest BCUT2D eigenvalue weighted by Gasteiger charge is -2.26. The number of piperidine rings is 1. The molecule has 1 saturated heterocycles. The van der Waals surface area contributed by atoms with Crippen molar-refractivity contribution in [1.29, 1.82) is 0 Å². The predicted molar refractivity (Wildman–Crippen MR) is 129 cm³/mol. The average molecular weight is 498 g/mol. The Bertz CT molecular complexity index is 1580. The quantitative estimate of drug-likeness (QED) is 0.596. The summed E-state index contributed by atoms with van der Waals surface area (Å²) in [5, 5.41) is 3.87. The molecule has 1 amide bonds. The third-order valence-corrected chi connectivity index (χ3v) is 10.7. The van der Waals surface area contributed by atoms with E-state index in [2.05, 4.69) is 5.32 Å². The predicted octanol–water partition coefficient (Wildman–Crippen LogP) is 3.33. The summed E-state index contributed by atoms with van der Waals surface area (Å²) in [6.07, 6.45) is 3.17. The van der Waals surface area contributed by atoms with Gasteiger partial charge in [-0.1, -0.05) is 18.6 Å². The van der Waals surface area contributed by atoms with Crippen LogP contribution in [0.2, 0.25) is 0 Å². The number of hydrogen-bond donors (Lipinski definition) is 1. The molecule has 0 aromatic heterocycles. The number of nitrogens with zero attached hydrogens (tertiary/aromatic N) is 2. The van der Waals surface area contributed by atoms with Crippen molar-refractivity contribution in [2.45, 2.75) is 35.5 Å². The van der Waals surface area contributed by atoms with Crippen molar-refractivity contribution in [2.24, 2.45) is 0 Å². The van der Waals surface area contributed by atoms with Gasteiger partial charge < -0.3 is 5.32 Å². The first-order valence-electron chi connectivity index (χ1n) is 11.3. The maximum Gasteiger partial charge on any atom is 0.264 e. The Hall–Kier alpha value is -2.95. The second kappa shape index (κ2) is 7.53. The Morgan fingerprint density at radius 2 is 1.62 bits per heavy atom. The van der Waals surface area contributed by atoms with Gasteiger partial charge in [-0.25, -0.2) is 16.8 Å². The van der Waals surface area contributed by atoms with Gasteiger partial charge >= 0.3 is 0 Å². The van der Waals surface area contributed by atoms with E-state index < -0.39 is 20.0 Å². The zero-order chi connectivity index (χ0) is 23.7. The lowest BCUT2D eigenvalue weighted by atomic mass is 10.1. The van der Waals surface area contributed by atoms with Gasteiger partial charge in [0.15, 0.2) is 0 Å². The number of anilines is 2. The molecule has 3 aliphatic heterocycles. The van der Waals surface area contributed by atoms with E-state index >= 15 is 0 Å². The zero-order valence-corrected chi connectivity index (χ0v) is 20.0. The van der Waals surface area contributed by atoms with Crippen LogP contribution in [0.3, 0.4) is 0 Å². The lowest BCUT2D eigenvalue weighted by Crippen LogP contribution is -2.35. The first-order chi connectivity index (χ1) is 16.3. The Labute approximate surface area is 198 Å². The van der Waals surface area contributed by atoms with Crippen LogP contribution < -0.4 is 9.62 Å². The van der Waals surface area contributed by atoms with Gasteiger partial charge in [-0.2, -0.15) is 4.31 Å². The van der Waals surface area contributed by atoms with Gasteiger partial charge in [0, 0.05) is 41.7 Å². The minimum Gasteiger partial charge on any atom is -0.321 e. The molecule has 0 aliphatic carbocycles. The van der Waals surface area contributed by atoms with Gasteiger partial charge in [-0.15, -0.1) is 0 Å². The van der Waals surface area contributed by atoms with E-state index in [-0.39, 0.29) is 22.2 Å². The van der Waals surface area contributed by atoms with Gasteiger partial charge in [-0.05, 0) is 61.2 Å². The Kier molecular flexibility index (Phi) is 4.78. The van der Waals surface area contributed by atoms with Crippen LogP contribution in [0.1, 0.15) is 35.2 Å². The number of hydrogen-bond acceptors (Lipinski definition) is 5. The van der Waals surface area contributed by atoms with Gasteiger partial charge in [0.05, 0.1) is 15.5 Å². The third-order valence-electron chi connectivity index (χ3n) is 6.92. The number of amides is 1. The van der Waals surface area contributed by atoms with E-state index in [1.54, 1.807) is 36.4 Å². The third kappa shape index (κ3) is 3.09. The van der Waals surface area contributed by atoms with Crippen LogP contribution in [0.15, 0.2) is 58.3 Å². The highest BCUT2D eigenvalue weighted by Crippen LogP contribution is 2.40. The van der Waals surface area contributed by atoms with Crippen molar-refractivity contribution in [3.8, 4) is 0 Å². The van der Waals surface area contributed by atoms with Crippen molar-refractivity contribution in [1.82, 2.24) is 4.31 Å². The Morgan fingerprint density at radius 1 is 0.824 bits per heavy atom. The molecule has 3 aliphatic rings. The smallest absolute Gasteiger partial charge is 0.264 e. The monoisotopic (exact) mass is 497 g/mol. The van der Waals surface area contributed by atoms with Gasteiger partial charge in [-0.3, -0.25) is 9.10 Å². The van der Waals surface area contributed by atoms with Crippen LogP contribution in [-0.2, 0) is 26.5 Å². The fourth-order valence-electron chi connectivity index (χ4n) is 5.22. The summed E-state index contributed by atoms with van der Waals surface area (Å²) >= 11 is 0. The number of carbonyl (C=O) groups is 1. The van der Waals surface area contributed by atoms with E-state index in [0.717, 1.165) is 19.3 Å². The van der Waals surface area contributed by atoms with E-state index in [1.807, 2.05) is 0 Å². The molecule has 8 nitrogen and oxygen atoms in total. The molecule has 0 radical (unpaired) electrons. The summed E-state index contributed by atoms with van der Waals surface area (Å²) in [7, 11) is -7.54. The van der Waals surface area contributed by atoms with Crippen molar-refractivity contribution < 1.29 is 21.6 Å². The second-order valence-electron chi connectivity index (χ2n) is 8.88. The fourth-order valence-corrected chi connectivity index (χ4v) is 8.48. The summed E-state index contributed by atoms with van der Waals surface area (Å²) in [5.74, 6) is -0.246. The van der Waals surface area contributed by atoms with Crippen molar-refractivity contribution in [3.63, 3.8) is 0 Å². The lowest BCUT2D eigenvalue weighted by molar-refractivity contribution is 0.103. The molecule has 176 valence electrons. The Morgan fingerprint density at radius 3 is 2.41 bits per heavy atom. The molecule has 3 aromatic carbocycles. The van der Waals surface area contributed by atoms with Gasteiger partial charge in [0.25, 0.3) is 15.9 Å². The maximum absolute atomic E-state index is 13.8. The summed E-state index contributed by atoms with van der Waals surface area (Å²) in [6, 6.07) is 12.9. The van der Waals surface area contributed by atoms with Crippen LogP contribution in [0, 0.1) is 0 Å². The van der Waals surface area contributed by atoms with Crippen molar-refractivity contribution >= 4 is 48.1 Å². The molecule has 0 bridgehead atoms. The van der Waals surface area contributed by atoms with E-state index in [1.165, 1.54) is 20.7 Å².